The maximum absolute atomic E-state index is 12.9. The highest BCUT2D eigenvalue weighted by Crippen LogP contribution is 2.14. The van der Waals surface area contributed by atoms with E-state index in [4.69, 9.17) is 5.73 Å². The highest BCUT2D eigenvalue weighted by atomic mass is 19.1. The molecule has 2 nitrogen and oxygen atoms in total. The molecule has 0 saturated carbocycles. The molecule has 0 spiro atoms. The van der Waals surface area contributed by atoms with Crippen LogP contribution in [0.5, 0.6) is 0 Å². The second-order valence-corrected chi connectivity index (χ2v) is 4.06. The summed E-state index contributed by atoms with van der Waals surface area (Å²) in [5.41, 5.74) is 6.42. The van der Waals surface area contributed by atoms with Crippen LogP contribution < -0.4 is 5.73 Å². The molecule has 1 fully saturated rings. The number of hydrogen-bond donors (Lipinski definition) is 1. The zero-order valence-electron chi connectivity index (χ0n) is 8.42. The van der Waals surface area contributed by atoms with Crippen LogP contribution in [-0.2, 0) is 6.54 Å². The third-order valence-corrected chi connectivity index (χ3v) is 2.64. The van der Waals surface area contributed by atoms with E-state index >= 15 is 0 Å². The summed E-state index contributed by atoms with van der Waals surface area (Å²) in [4.78, 5) is 2.11. The Morgan fingerprint density at radius 2 is 1.93 bits per heavy atom. The standard InChI is InChI=1S/C11H14F2N2/c12-9-3-8(4-10(13)5-9)6-15-2-1-11(14)7-15/h3-5,11H,1-2,6-7,14H2/t11-/m1/s1. The Kier molecular flexibility index (Phi) is 2.98. The molecule has 2 N–H and O–H groups in total. The second kappa shape index (κ2) is 4.24. The minimum absolute atomic E-state index is 0.198. The van der Waals surface area contributed by atoms with Crippen molar-refractivity contribution in [2.75, 3.05) is 13.1 Å². The summed E-state index contributed by atoms with van der Waals surface area (Å²) in [6, 6.07) is 3.82. The van der Waals surface area contributed by atoms with Crippen molar-refractivity contribution in [3.05, 3.63) is 35.4 Å². The van der Waals surface area contributed by atoms with E-state index in [1.165, 1.54) is 12.1 Å². The predicted octanol–water partition coefficient (Wildman–Crippen LogP) is 1.50. The summed E-state index contributed by atoms with van der Waals surface area (Å²) in [6.07, 6.45) is 0.956. The molecule has 0 unspecified atom stereocenters. The molecule has 0 aliphatic carbocycles. The first-order valence-corrected chi connectivity index (χ1v) is 5.06. The number of benzene rings is 1. The number of halogens is 2. The van der Waals surface area contributed by atoms with E-state index in [1.54, 1.807) is 0 Å². The zero-order valence-corrected chi connectivity index (χ0v) is 8.42. The zero-order chi connectivity index (χ0) is 10.8. The largest absolute Gasteiger partial charge is 0.326 e. The molecule has 1 aliphatic heterocycles. The average Bonchev–Trinajstić information content (AvgIpc) is 2.49. The van der Waals surface area contributed by atoms with Crippen molar-refractivity contribution in [2.24, 2.45) is 5.73 Å². The minimum Gasteiger partial charge on any atom is -0.326 e. The average molecular weight is 212 g/mol. The lowest BCUT2D eigenvalue weighted by Crippen LogP contribution is -2.26. The number of nitrogens with two attached hydrogens (primary N) is 1. The lowest BCUT2D eigenvalue weighted by Gasteiger charge is -2.15. The van der Waals surface area contributed by atoms with E-state index in [2.05, 4.69) is 4.90 Å². The van der Waals surface area contributed by atoms with Crippen LogP contribution in [0.15, 0.2) is 18.2 Å². The summed E-state index contributed by atoms with van der Waals surface area (Å²) in [5, 5.41) is 0. The monoisotopic (exact) mass is 212 g/mol. The van der Waals surface area contributed by atoms with Gasteiger partial charge in [-0.1, -0.05) is 0 Å². The third kappa shape index (κ3) is 2.73. The van der Waals surface area contributed by atoms with Crippen molar-refractivity contribution in [3.63, 3.8) is 0 Å². The fourth-order valence-electron chi connectivity index (χ4n) is 1.97. The maximum atomic E-state index is 12.9. The molecule has 0 bridgehead atoms. The van der Waals surface area contributed by atoms with E-state index in [0.717, 1.165) is 25.6 Å². The minimum atomic E-state index is -0.520. The van der Waals surface area contributed by atoms with Gasteiger partial charge in [0.1, 0.15) is 11.6 Å². The van der Waals surface area contributed by atoms with Gasteiger partial charge in [0, 0.05) is 31.7 Å². The summed E-state index contributed by atoms with van der Waals surface area (Å²) >= 11 is 0. The Morgan fingerprint density at radius 3 is 2.47 bits per heavy atom. The molecule has 1 heterocycles. The number of nitrogens with zero attached hydrogens (tertiary/aromatic N) is 1. The van der Waals surface area contributed by atoms with Gasteiger partial charge in [-0.25, -0.2) is 8.78 Å². The van der Waals surface area contributed by atoms with E-state index in [-0.39, 0.29) is 6.04 Å². The summed E-state index contributed by atoms with van der Waals surface area (Å²) < 4.78 is 25.8. The Morgan fingerprint density at radius 1 is 1.27 bits per heavy atom. The molecule has 1 aromatic rings. The first-order chi connectivity index (χ1) is 7.13. The van der Waals surface area contributed by atoms with Crippen LogP contribution in [0.2, 0.25) is 0 Å². The fraction of sp³-hybridized carbons (Fsp3) is 0.455. The number of likely N-dealkylation sites (tertiary alicyclic amines) is 1. The molecule has 0 aromatic heterocycles. The quantitative estimate of drug-likeness (QED) is 0.805. The Bertz CT molecular complexity index is 334. The predicted molar refractivity (Wildman–Crippen MR) is 54.2 cm³/mol. The van der Waals surface area contributed by atoms with Crippen LogP contribution in [0, 0.1) is 11.6 Å². The van der Waals surface area contributed by atoms with Crippen molar-refractivity contribution in [1.29, 1.82) is 0 Å². The van der Waals surface area contributed by atoms with Crippen LogP contribution in [0.1, 0.15) is 12.0 Å². The van der Waals surface area contributed by atoms with Crippen molar-refractivity contribution < 1.29 is 8.78 Å². The van der Waals surface area contributed by atoms with Crippen molar-refractivity contribution >= 4 is 0 Å². The topological polar surface area (TPSA) is 29.3 Å². The molecule has 82 valence electrons. The summed E-state index contributed by atoms with van der Waals surface area (Å²) in [7, 11) is 0. The molecule has 1 aromatic carbocycles. The molecular weight excluding hydrogens is 198 g/mol. The summed E-state index contributed by atoms with van der Waals surface area (Å²) in [6.45, 7) is 2.28. The van der Waals surface area contributed by atoms with Gasteiger partial charge < -0.3 is 5.73 Å². The lowest BCUT2D eigenvalue weighted by atomic mass is 10.2. The van der Waals surface area contributed by atoms with Gasteiger partial charge in [0.25, 0.3) is 0 Å². The van der Waals surface area contributed by atoms with E-state index in [9.17, 15) is 8.78 Å². The maximum Gasteiger partial charge on any atom is 0.126 e. The van der Waals surface area contributed by atoms with Gasteiger partial charge >= 0.3 is 0 Å². The highest BCUT2D eigenvalue weighted by molar-refractivity contribution is 5.17. The molecular formula is C11H14F2N2. The second-order valence-electron chi connectivity index (χ2n) is 4.06. The van der Waals surface area contributed by atoms with E-state index in [1.807, 2.05) is 0 Å². The van der Waals surface area contributed by atoms with Crippen LogP contribution in [0.3, 0.4) is 0 Å². The molecule has 1 saturated heterocycles. The van der Waals surface area contributed by atoms with Gasteiger partial charge in [0.15, 0.2) is 0 Å². The van der Waals surface area contributed by atoms with Crippen LogP contribution in [0.4, 0.5) is 8.78 Å². The van der Waals surface area contributed by atoms with Crippen LogP contribution in [-0.4, -0.2) is 24.0 Å². The van der Waals surface area contributed by atoms with Gasteiger partial charge in [-0.05, 0) is 24.1 Å². The van der Waals surface area contributed by atoms with Crippen molar-refractivity contribution in [3.8, 4) is 0 Å². The van der Waals surface area contributed by atoms with Crippen LogP contribution in [0.25, 0.3) is 0 Å². The Labute approximate surface area is 87.7 Å². The van der Waals surface area contributed by atoms with Gasteiger partial charge in [0.2, 0.25) is 0 Å². The van der Waals surface area contributed by atoms with E-state index in [0.29, 0.717) is 12.1 Å². The van der Waals surface area contributed by atoms with E-state index < -0.39 is 11.6 Å². The molecule has 1 aliphatic rings. The van der Waals surface area contributed by atoms with Crippen LogP contribution >= 0.6 is 0 Å². The SMILES string of the molecule is N[C@@H]1CCN(Cc2cc(F)cc(F)c2)C1. The lowest BCUT2D eigenvalue weighted by molar-refractivity contribution is 0.325. The van der Waals surface area contributed by atoms with Gasteiger partial charge in [-0.3, -0.25) is 4.90 Å². The van der Waals surface area contributed by atoms with Crippen molar-refractivity contribution in [1.82, 2.24) is 4.90 Å². The van der Waals surface area contributed by atoms with Gasteiger partial charge in [0.05, 0.1) is 0 Å². The first kappa shape index (κ1) is 10.5. The summed E-state index contributed by atoms with van der Waals surface area (Å²) in [5.74, 6) is -1.04. The number of rotatable bonds is 2. The highest BCUT2D eigenvalue weighted by Gasteiger charge is 2.19. The Balaban J connectivity index is 2.04. The molecule has 4 heteroatoms. The Hall–Kier alpha value is -1.00. The normalized spacial score (nSPS) is 22.2. The molecule has 0 radical (unpaired) electrons. The first-order valence-electron chi connectivity index (χ1n) is 5.06. The fourth-order valence-corrected chi connectivity index (χ4v) is 1.97. The van der Waals surface area contributed by atoms with Gasteiger partial charge in [-0.2, -0.15) is 0 Å². The third-order valence-electron chi connectivity index (χ3n) is 2.64. The molecule has 0 amide bonds. The number of hydrogen-bond acceptors (Lipinski definition) is 2. The van der Waals surface area contributed by atoms with Gasteiger partial charge in [-0.15, -0.1) is 0 Å². The molecule has 15 heavy (non-hydrogen) atoms. The molecule has 1 atom stereocenters. The molecule has 2 rings (SSSR count). The smallest absolute Gasteiger partial charge is 0.126 e. The van der Waals surface area contributed by atoms with Crippen molar-refractivity contribution in [2.45, 2.75) is 19.0 Å².